The quantitative estimate of drug-likeness (QED) is 0.308. The molecule has 0 atom stereocenters. The van der Waals surface area contributed by atoms with Crippen molar-refractivity contribution in [3.05, 3.63) is 59.4 Å². The van der Waals surface area contributed by atoms with Crippen molar-refractivity contribution in [3.8, 4) is 5.82 Å². The molecule has 0 spiro atoms. The molecule has 0 radical (unpaired) electrons. The van der Waals surface area contributed by atoms with Crippen molar-refractivity contribution < 1.29 is 9.42 Å². The van der Waals surface area contributed by atoms with Gasteiger partial charge in [0.05, 0.1) is 11.9 Å². The second-order valence-electron chi connectivity index (χ2n) is 8.74. The minimum atomic E-state index is -0.477. The van der Waals surface area contributed by atoms with Crippen molar-refractivity contribution in [2.24, 2.45) is 5.10 Å². The van der Waals surface area contributed by atoms with Gasteiger partial charge in [0, 0.05) is 18.2 Å². The average molecular weight is 474 g/mol. The summed E-state index contributed by atoms with van der Waals surface area (Å²) < 4.78 is 6.15. The first-order chi connectivity index (χ1) is 17.1. The summed E-state index contributed by atoms with van der Waals surface area (Å²) in [6, 6.07) is 14.3. The van der Waals surface area contributed by atoms with Gasteiger partial charge in [-0.3, -0.25) is 9.69 Å². The molecule has 1 aliphatic rings. The van der Waals surface area contributed by atoms with Crippen LogP contribution in [0, 0.1) is 0 Å². The molecule has 4 aromatic rings. The van der Waals surface area contributed by atoms with Gasteiger partial charge in [-0.25, -0.2) is 10.1 Å². The number of nitrogen functional groups attached to an aromatic ring is 1. The van der Waals surface area contributed by atoms with Gasteiger partial charge in [0.25, 0.3) is 5.91 Å². The van der Waals surface area contributed by atoms with E-state index in [1.54, 1.807) is 6.21 Å². The van der Waals surface area contributed by atoms with Crippen molar-refractivity contribution >= 4 is 28.7 Å². The maximum Gasteiger partial charge on any atom is 0.293 e. The number of carbonyl (C=O) groups excluding carboxylic acids is 1. The monoisotopic (exact) mass is 473 g/mol. The van der Waals surface area contributed by atoms with Crippen molar-refractivity contribution in [1.82, 2.24) is 35.6 Å². The lowest BCUT2D eigenvalue weighted by atomic mass is 9.94. The number of hydrazone groups is 1. The number of nitrogens with two attached hydrogens (primary N) is 1. The molecule has 11 nitrogen and oxygen atoms in total. The Morgan fingerprint density at radius 2 is 2.00 bits per heavy atom. The Balaban J connectivity index is 1.40. The fourth-order valence-electron chi connectivity index (χ4n) is 4.59. The highest BCUT2D eigenvalue weighted by atomic mass is 16.6. The highest BCUT2D eigenvalue weighted by Gasteiger charge is 2.27. The number of aromatic nitrogens is 5. The standard InChI is InChI=1S/C24H27N9O2/c1-32(18-11-3-2-4-12-18)15-20-21(27-31-33(20)23-22(25)29-35-30-23)24(34)28-26-14-17-10-7-9-16-8-5-6-13-19(16)17/h5-10,13-14,18H,2-4,11-12,15H2,1H3,(H2,25,29)(H,28,34)/b26-14+. The largest absolute Gasteiger partial charge is 0.378 e. The molecule has 35 heavy (non-hydrogen) atoms. The lowest BCUT2D eigenvalue weighted by molar-refractivity contribution is 0.0947. The Bertz CT molecular complexity index is 1350. The van der Waals surface area contributed by atoms with E-state index in [4.69, 9.17) is 10.4 Å². The zero-order valence-corrected chi connectivity index (χ0v) is 19.5. The Morgan fingerprint density at radius 3 is 2.80 bits per heavy atom. The van der Waals surface area contributed by atoms with E-state index in [0.29, 0.717) is 18.3 Å². The van der Waals surface area contributed by atoms with Crippen LogP contribution < -0.4 is 11.2 Å². The van der Waals surface area contributed by atoms with E-state index in [9.17, 15) is 4.79 Å². The fraction of sp³-hybridized carbons (Fsp3) is 0.333. The van der Waals surface area contributed by atoms with E-state index in [0.717, 1.165) is 29.2 Å². The van der Waals surface area contributed by atoms with Crippen molar-refractivity contribution in [3.63, 3.8) is 0 Å². The number of nitrogens with zero attached hydrogens (tertiary/aromatic N) is 7. The molecule has 5 rings (SSSR count). The van der Waals surface area contributed by atoms with Gasteiger partial charge in [0.2, 0.25) is 11.6 Å². The summed E-state index contributed by atoms with van der Waals surface area (Å²) in [6.45, 7) is 0.430. The second kappa shape index (κ2) is 10.0. The Kier molecular flexibility index (Phi) is 6.49. The summed E-state index contributed by atoms with van der Waals surface area (Å²) >= 11 is 0. The molecule has 1 amide bonds. The molecule has 180 valence electrons. The molecule has 0 bridgehead atoms. The van der Waals surface area contributed by atoms with Gasteiger partial charge in [0.1, 0.15) is 0 Å². The van der Waals surface area contributed by atoms with Crippen LogP contribution in [0.2, 0.25) is 0 Å². The molecular weight excluding hydrogens is 446 g/mol. The molecule has 2 heterocycles. The van der Waals surface area contributed by atoms with E-state index in [1.807, 2.05) is 49.5 Å². The smallest absolute Gasteiger partial charge is 0.293 e. The van der Waals surface area contributed by atoms with Gasteiger partial charge in [-0.2, -0.15) is 9.78 Å². The molecule has 3 N–H and O–H groups in total. The third-order valence-electron chi connectivity index (χ3n) is 6.46. The normalized spacial score (nSPS) is 14.8. The van der Waals surface area contributed by atoms with Crippen LogP contribution in [0.15, 0.2) is 52.2 Å². The van der Waals surface area contributed by atoms with Crippen molar-refractivity contribution in [2.45, 2.75) is 44.7 Å². The van der Waals surface area contributed by atoms with Crippen LogP contribution in [0.4, 0.5) is 5.82 Å². The van der Waals surface area contributed by atoms with E-state index in [-0.39, 0.29) is 17.3 Å². The van der Waals surface area contributed by atoms with Crippen LogP contribution in [-0.4, -0.2) is 55.4 Å². The number of rotatable bonds is 7. The predicted molar refractivity (Wildman–Crippen MR) is 131 cm³/mol. The Morgan fingerprint density at radius 1 is 1.20 bits per heavy atom. The molecular formula is C24H27N9O2. The Hall–Kier alpha value is -4.12. The molecule has 1 fully saturated rings. The highest BCUT2D eigenvalue weighted by molar-refractivity contribution is 6.00. The molecule has 1 aliphatic carbocycles. The lowest BCUT2D eigenvalue weighted by Crippen LogP contribution is -2.34. The number of hydrogen-bond acceptors (Lipinski definition) is 9. The molecule has 1 saturated carbocycles. The summed E-state index contributed by atoms with van der Waals surface area (Å²) in [5.41, 5.74) is 10.1. The number of nitrogens with one attached hydrogen (secondary N) is 1. The number of carbonyl (C=O) groups is 1. The number of fused-ring (bicyclic) bond motifs is 1. The van der Waals surface area contributed by atoms with Crippen LogP contribution in [0.25, 0.3) is 16.6 Å². The number of amides is 1. The van der Waals surface area contributed by atoms with Crippen LogP contribution in [0.1, 0.15) is 53.8 Å². The van der Waals surface area contributed by atoms with Crippen LogP contribution >= 0.6 is 0 Å². The van der Waals surface area contributed by atoms with E-state index in [2.05, 4.69) is 36.1 Å². The van der Waals surface area contributed by atoms with Crippen LogP contribution in [0.5, 0.6) is 0 Å². The molecule has 11 heteroatoms. The molecule has 2 aromatic carbocycles. The van der Waals surface area contributed by atoms with E-state index >= 15 is 0 Å². The number of hydrogen-bond donors (Lipinski definition) is 2. The number of benzene rings is 2. The first-order valence-electron chi connectivity index (χ1n) is 11.7. The van der Waals surface area contributed by atoms with E-state index in [1.165, 1.54) is 23.9 Å². The van der Waals surface area contributed by atoms with Gasteiger partial charge in [-0.15, -0.1) is 5.10 Å². The summed E-state index contributed by atoms with van der Waals surface area (Å²) in [5, 5.41) is 22.0. The third-order valence-corrected chi connectivity index (χ3v) is 6.46. The van der Waals surface area contributed by atoms with Gasteiger partial charge in [0.15, 0.2) is 5.69 Å². The van der Waals surface area contributed by atoms with Crippen LogP contribution in [0.3, 0.4) is 0 Å². The first kappa shape index (κ1) is 22.7. The van der Waals surface area contributed by atoms with Crippen molar-refractivity contribution in [1.29, 1.82) is 0 Å². The minimum Gasteiger partial charge on any atom is -0.378 e. The second-order valence-corrected chi connectivity index (χ2v) is 8.74. The average Bonchev–Trinajstić information content (AvgIpc) is 3.50. The summed E-state index contributed by atoms with van der Waals surface area (Å²) in [5.74, 6) is -0.213. The molecule has 0 saturated heterocycles. The van der Waals surface area contributed by atoms with Crippen LogP contribution in [-0.2, 0) is 6.54 Å². The maximum atomic E-state index is 13.1. The van der Waals surface area contributed by atoms with Gasteiger partial charge in [-0.05, 0) is 41.0 Å². The lowest BCUT2D eigenvalue weighted by Gasteiger charge is -2.31. The molecule has 2 aromatic heterocycles. The highest BCUT2D eigenvalue weighted by Crippen LogP contribution is 2.24. The topological polar surface area (TPSA) is 140 Å². The first-order valence-corrected chi connectivity index (χ1v) is 11.7. The molecule has 0 unspecified atom stereocenters. The van der Waals surface area contributed by atoms with Gasteiger partial charge >= 0.3 is 0 Å². The zero-order valence-electron chi connectivity index (χ0n) is 19.5. The molecule has 0 aliphatic heterocycles. The summed E-state index contributed by atoms with van der Waals surface area (Å²) in [6.07, 6.45) is 7.50. The summed E-state index contributed by atoms with van der Waals surface area (Å²) in [7, 11) is 2.04. The number of anilines is 1. The third kappa shape index (κ3) is 4.76. The van der Waals surface area contributed by atoms with Gasteiger partial charge < -0.3 is 5.73 Å². The van der Waals surface area contributed by atoms with E-state index < -0.39 is 5.91 Å². The Labute approximate surface area is 201 Å². The maximum absolute atomic E-state index is 13.1. The fourth-order valence-corrected chi connectivity index (χ4v) is 4.59. The minimum absolute atomic E-state index is 0.0670. The summed E-state index contributed by atoms with van der Waals surface area (Å²) in [4.78, 5) is 15.3. The predicted octanol–water partition coefficient (Wildman–Crippen LogP) is 2.91. The van der Waals surface area contributed by atoms with Gasteiger partial charge in [-0.1, -0.05) is 66.9 Å². The zero-order chi connectivity index (χ0) is 24.2. The SMILES string of the molecule is CN(Cc1c(C(=O)N/N=C/c2cccc3ccccc23)nnn1-c1nonc1N)C1CCCCC1. The van der Waals surface area contributed by atoms with Crippen molar-refractivity contribution in [2.75, 3.05) is 12.8 Å².